The Hall–Kier alpha value is -2.69. The van der Waals surface area contributed by atoms with Gasteiger partial charge in [0.1, 0.15) is 5.75 Å². The number of aryl methyl sites for hydroxylation is 3. The van der Waals surface area contributed by atoms with Crippen molar-refractivity contribution in [3.05, 3.63) is 68.4 Å². The molecule has 1 aromatic heterocycles. The molecule has 0 bridgehead atoms. The Morgan fingerprint density at radius 3 is 2.31 bits per heavy atom. The summed E-state index contributed by atoms with van der Waals surface area (Å²) in [6.45, 7) is 7.69. The third kappa shape index (κ3) is 7.16. The molecule has 0 aliphatic carbocycles. The van der Waals surface area contributed by atoms with E-state index in [9.17, 15) is 13.2 Å². The van der Waals surface area contributed by atoms with Gasteiger partial charge in [0, 0.05) is 28.5 Å². The molecule has 186 valence electrons. The number of ether oxygens (including phenoxy) is 1. The molecule has 0 unspecified atom stereocenters. The topological polar surface area (TPSA) is 110 Å². The fourth-order valence-corrected chi connectivity index (χ4v) is 4.95. The Labute approximate surface area is 218 Å². The minimum atomic E-state index is -3.86. The van der Waals surface area contributed by atoms with Crippen molar-refractivity contribution in [1.29, 1.82) is 0 Å². The summed E-state index contributed by atoms with van der Waals surface area (Å²) >= 11 is 9.73. The fourth-order valence-electron chi connectivity index (χ4n) is 3.31. The highest BCUT2D eigenvalue weighted by Crippen LogP contribution is 2.35. The highest BCUT2D eigenvalue weighted by atomic mass is 79.9. The molecule has 0 aliphatic rings. The van der Waals surface area contributed by atoms with Crippen LogP contribution in [0.3, 0.4) is 0 Å². The number of nitrogens with zero attached hydrogens (tertiary/aromatic N) is 2. The molecule has 11 heteroatoms. The van der Waals surface area contributed by atoms with Gasteiger partial charge in [0.15, 0.2) is 0 Å². The third-order valence-corrected chi connectivity index (χ3v) is 7.94. The van der Waals surface area contributed by atoms with Gasteiger partial charge in [-0.3, -0.25) is 4.79 Å². The number of sulfonamides is 1. The van der Waals surface area contributed by atoms with E-state index in [0.717, 1.165) is 15.6 Å². The maximum Gasteiger partial charge on any atom is 0.264 e. The molecular formula is C24H26BrClN4O4S. The molecule has 3 rings (SSSR count). The zero-order valence-corrected chi connectivity index (χ0v) is 22.9. The molecular weight excluding hydrogens is 556 g/mol. The number of hydrogen-bond donors (Lipinski definition) is 2. The minimum Gasteiger partial charge on any atom is -0.492 e. The number of aromatic nitrogens is 2. The number of amides is 1. The first-order valence-electron chi connectivity index (χ1n) is 10.8. The monoisotopic (exact) mass is 580 g/mol. The fraction of sp³-hybridized carbons (Fsp3) is 0.292. The van der Waals surface area contributed by atoms with Crippen LogP contribution in [0, 0.1) is 27.7 Å². The van der Waals surface area contributed by atoms with E-state index in [2.05, 4.69) is 35.9 Å². The minimum absolute atomic E-state index is 0.0121. The highest BCUT2D eigenvalue weighted by Gasteiger charge is 2.16. The van der Waals surface area contributed by atoms with E-state index in [1.54, 1.807) is 19.9 Å². The SMILES string of the molecule is Cc1cc(C)nc(NS(=O)(=O)c2ccc(NC(=O)CCCOc3cc(C)c(Cl)c(C)c3Br)cc2)n1. The first-order chi connectivity index (χ1) is 16.5. The smallest absolute Gasteiger partial charge is 0.264 e. The summed E-state index contributed by atoms with van der Waals surface area (Å²) in [4.78, 5) is 20.5. The van der Waals surface area contributed by atoms with Gasteiger partial charge < -0.3 is 10.1 Å². The van der Waals surface area contributed by atoms with Crippen LogP contribution >= 0.6 is 27.5 Å². The molecule has 0 atom stereocenters. The average molecular weight is 582 g/mol. The van der Waals surface area contributed by atoms with Gasteiger partial charge in [-0.2, -0.15) is 0 Å². The number of halogens is 2. The summed E-state index contributed by atoms with van der Waals surface area (Å²) in [5.41, 5.74) is 3.63. The van der Waals surface area contributed by atoms with Crippen molar-refractivity contribution in [2.45, 2.75) is 45.4 Å². The van der Waals surface area contributed by atoms with Gasteiger partial charge in [0.25, 0.3) is 10.0 Å². The number of benzene rings is 2. The third-order valence-electron chi connectivity index (χ3n) is 5.03. The van der Waals surface area contributed by atoms with Crippen LogP contribution in [-0.4, -0.2) is 30.9 Å². The van der Waals surface area contributed by atoms with E-state index in [-0.39, 0.29) is 23.2 Å². The molecule has 8 nitrogen and oxygen atoms in total. The second-order valence-electron chi connectivity index (χ2n) is 8.05. The van der Waals surface area contributed by atoms with Crippen LogP contribution in [0.2, 0.25) is 5.02 Å². The molecule has 3 aromatic rings. The number of carbonyl (C=O) groups is 1. The summed E-state index contributed by atoms with van der Waals surface area (Å²) in [6, 6.07) is 9.48. The zero-order valence-electron chi connectivity index (χ0n) is 19.8. The van der Waals surface area contributed by atoms with Crippen LogP contribution < -0.4 is 14.8 Å². The average Bonchev–Trinajstić information content (AvgIpc) is 2.78. The maximum atomic E-state index is 12.6. The number of carbonyl (C=O) groups excluding carboxylic acids is 1. The maximum absolute atomic E-state index is 12.6. The standard InChI is InChI=1S/C24H26BrClN4O4S/c1-14-12-20(22(25)17(4)23(14)26)34-11-5-6-21(31)29-18-7-9-19(10-8-18)35(32,33)30-24-27-15(2)13-16(3)28-24/h7-10,12-13H,5-6,11H2,1-4H3,(H,29,31)(H,27,28,30). The molecule has 0 aliphatic heterocycles. The zero-order chi connectivity index (χ0) is 25.8. The number of anilines is 2. The lowest BCUT2D eigenvalue weighted by Crippen LogP contribution is -2.16. The lowest BCUT2D eigenvalue weighted by atomic mass is 10.1. The first-order valence-corrected chi connectivity index (χ1v) is 13.4. The van der Waals surface area contributed by atoms with Gasteiger partial charge in [-0.25, -0.2) is 23.1 Å². The summed E-state index contributed by atoms with van der Waals surface area (Å²) in [6.07, 6.45) is 0.750. The molecule has 0 spiro atoms. The number of nitrogens with one attached hydrogen (secondary N) is 2. The van der Waals surface area contributed by atoms with Crippen molar-refractivity contribution in [2.24, 2.45) is 0 Å². The lowest BCUT2D eigenvalue weighted by Gasteiger charge is -2.13. The molecule has 0 fully saturated rings. The molecule has 1 amide bonds. The first kappa shape index (κ1) is 26.9. The van der Waals surface area contributed by atoms with Gasteiger partial charge in [-0.05, 0) is 97.6 Å². The van der Waals surface area contributed by atoms with Gasteiger partial charge >= 0.3 is 0 Å². The molecule has 0 saturated carbocycles. The van der Waals surface area contributed by atoms with Gasteiger partial charge in [0.2, 0.25) is 11.9 Å². The molecule has 35 heavy (non-hydrogen) atoms. The predicted molar refractivity (Wildman–Crippen MR) is 141 cm³/mol. The molecule has 2 aromatic carbocycles. The van der Waals surface area contributed by atoms with Crippen LogP contribution in [0.4, 0.5) is 11.6 Å². The number of hydrogen-bond acceptors (Lipinski definition) is 6. The van der Waals surface area contributed by atoms with E-state index >= 15 is 0 Å². The van der Waals surface area contributed by atoms with E-state index < -0.39 is 10.0 Å². The van der Waals surface area contributed by atoms with Crippen molar-refractivity contribution in [2.75, 3.05) is 16.6 Å². The second kappa shape index (κ2) is 11.4. The van der Waals surface area contributed by atoms with Gasteiger partial charge in [0.05, 0.1) is 16.0 Å². The Bertz CT molecular complexity index is 1330. The molecule has 1 heterocycles. The summed E-state index contributed by atoms with van der Waals surface area (Å²) in [7, 11) is -3.86. The normalized spacial score (nSPS) is 11.3. The van der Waals surface area contributed by atoms with Crippen molar-refractivity contribution in [3.8, 4) is 5.75 Å². The van der Waals surface area contributed by atoms with Crippen LogP contribution in [-0.2, 0) is 14.8 Å². The summed E-state index contributed by atoms with van der Waals surface area (Å²) in [5, 5.41) is 3.45. The second-order valence-corrected chi connectivity index (χ2v) is 10.9. The van der Waals surface area contributed by atoms with E-state index in [1.165, 1.54) is 24.3 Å². The quantitative estimate of drug-likeness (QED) is 0.313. The number of rotatable bonds is 9. The van der Waals surface area contributed by atoms with E-state index in [1.807, 2.05) is 19.9 Å². The van der Waals surface area contributed by atoms with Crippen molar-refractivity contribution >= 4 is 55.1 Å². The van der Waals surface area contributed by atoms with E-state index in [4.69, 9.17) is 16.3 Å². The molecule has 0 radical (unpaired) electrons. The van der Waals surface area contributed by atoms with Crippen LogP contribution in [0.15, 0.2) is 45.8 Å². The Morgan fingerprint density at radius 2 is 1.69 bits per heavy atom. The predicted octanol–water partition coefficient (Wildman–Crippen LogP) is 5.72. The van der Waals surface area contributed by atoms with Crippen molar-refractivity contribution in [1.82, 2.24) is 9.97 Å². The summed E-state index contributed by atoms with van der Waals surface area (Å²) < 4.78 is 34.2. The Balaban J connectivity index is 1.52. The molecule has 0 saturated heterocycles. The van der Waals surface area contributed by atoms with Crippen LogP contribution in [0.5, 0.6) is 5.75 Å². The van der Waals surface area contributed by atoms with Gasteiger partial charge in [-0.15, -0.1) is 0 Å². The van der Waals surface area contributed by atoms with Gasteiger partial charge in [-0.1, -0.05) is 11.6 Å². The molecule has 2 N–H and O–H groups in total. The Kier molecular flexibility index (Phi) is 8.74. The highest BCUT2D eigenvalue weighted by molar-refractivity contribution is 9.10. The van der Waals surface area contributed by atoms with Crippen molar-refractivity contribution in [3.63, 3.8) is 0 Å². The van der Waals surface area contributed by atoms with Crippen molar-refractivity contribution < 1.29 is 17.9 Å². The van der Waals surface area contributed by atoms with Crippen LogP contribution in [0.25, 0.3) is 0 Å². The summed E-state index contributed by atoms with van der Waals surface area (Å²) in [5.74, 6) is 0.494. The van der Waals surface area contributed by atoms with E-state index in [0.29, 0.717) is 40.9 Å². The van der Waals surface area contributed by atoms with Crippen LogP contribution in [0.1, 0.15) is 35.4 Å². The lowest BCUT2D eigenvalue weighted by molar-refractivity contribution is -0.116. The largest absolute Gasteiger partial charge is 0.492 e. The Morgan fingerprint density at radius 1 is 1.06 bits per heavy atom.